The highest BCUT2D eigenvalue weighted by Crippen LogP contribution is 2.12. The summed E-state index contributed by atoms with van der Waals surface area (Å²) in [6, 6.07) is 1.90. The van der Waals surface area contributed by atoms with Crippen molar-refractivity contribution in [1.82, 2.24) is 15.3 Å². The van der Waals surface area contributed by atoms with Gasteiger partial charge in [-0.2, -0.15) is 0 Å². The summed E-state index contributed by atoms with van der Waals surface area (Å²) in [5, 5.41) is 6.10. The molecule has 1 aliphatic heterocycles. The van der Waals surface area contributed by atoms with Crippen LogP contribution in [0.2, 0.25) is 0 Å². The molecular weight excluding hydrogens is 230 g/mol. The normalized spacial score (nSPS) is 18.7. The summed E-state index contributed by atoms with van der Waals surface area (Å²) in [5.74, 6) is 2.09. The fourth-order valence-electron chi connectivity index (χ4n) is 2.00. The number of amides is 1. The van der Waals surface area contributed by atoms with Crippen LogP contribution in [0.4, 0.5) is 11.6 Å². The molecule has 2 heterocycles. The second-order valence-electron chi connectivity index (χ2n) is 4.53. The number of carbonyl (C=O) groups is 1. The second-order valence-corrected chi connectivity index (χ2v) is 4.53. The van der Waals surface area contributed by atoms with Gasteiger partial charge in [0.2, 0.25) is 5.91 Å². The van der Waals surface area contributed by atoms with Crippen LogP contribution >= 0.6 is 0 Å². The minimum atomic E-state index is 0.121. The molecule has 0 saturated carbocycles. The lowest BCUT2D eigenvalue weighted by Crippen LogP contribution is -2.32. The average molecular weight is 249 g/mol. The summed E-state index contributed by atoms with van der Waals surface area (Å²) in [6.45, 7) is 2.75. The third-order valence-electron chi connectivity index (χ3n) is 2.88. The summed E-state index contributed by atoms with van der Waals surface area (Å²) in [6.07, 6.45) is 3.29. The molecule has 0 spiro atoms. The van der Waals surface area contributed by atoms with E-state index in [4.69, 9.17) is 5.73 Å². The van der Waals surface area contributed by atoms with E-state index in [9.17, 15) is 4.79 Å². The summed E-state index contributed by atoms with van der Waals surface area (Å²) < 4.78 is 0. The number of nitrogens with zero attached hydrogens (tertiary/aromatic N) is 2. The predicted molar refractivity (Wildman–Crippen MR) is 70.1 cm³/mol. The molecule has 0 bridgehead atoms. The molecule has 1 fully saturated rings. The third-order valence-corrected chi connectivity index (χ3v) is 2.88. The Balaban J connectivity index is 1.94. The first kappa shape index (κ1) is 12.6. The van der Waals surface area contributed by atoms with Gasteiger partial charge in [-0.15, -0.1) is 0 Å². The van der Waals surface area contributed by atoms with Gasteiger partial charge < -0.3 is 16.4 Å². The van der Waals surface area contributed by atoms with E-state index >= 15 is 0 Å². The fourth-order valence-corrected chi connectivity index (χ4v) is 2.00. The number of aromatic nitrogens is 2. The number of aryl methyl sites for hydroxylation is 1. The highest BCUT2D eigenvalue weighted by molar-refractivity contribution is 5.78. The van der Waals surface area contributed by atoms with Crippen molar-refractivity contribution in [2.75, 3.05) is 17.6 Å². The largest absolute Gasteiger partial charge is 0.384 e. The van der Waals surface area contributed by atoms with E-state index < -0.39 is 0 Å². The summed E-state index contributed by atoms with van der Waals surface area (Å²) >= 11 is 0. The van der Waals surface area contributed by atoms with Crippen LogP contribution in [-0.2, 0) is 11.2 Å². The molecule has 1 aromatic rings. The number of nitrogens with one attached hydrogen (secondary N) is 2. The molecule has 0 radical (unpaired) electrons. The van der Waals surface area contributed by atoms with E-state index in [-0.39, 0.29) is 11.9 Å². The molecule has 98 valence electrons. The lowest BCUT2D eigenvalue weighted by molar-refractivity contribution is -0.119. The van der Waals surface area contributed by atoms with E-state index in [2.05, 4.69) is 27.5 Å². The van der Waals surface area contributed by atoms with Crippen molar-refractivity contribution >= 4 is 17.5 Å². The van der Waals surface area contributed by atoms with Gasteiger partial charge in [0.25, 0.3) is 0 Å². The van der Waals surface area contributed by atoms with Crippen LogP contribution in [0.5, 0.6) is 0 Å². The van der Waals surface area contributed by atoms with Crippen LogP contribution in [-0.4, -0.2) is 28.5 Å². The number of anilines is 2. The molecule has 1 atom stereocenters. The van der Waals surface area contributed by atoms with Crippen molar-refractivity contribution < 1.29 is 4.79 Å². The first-order valence-electron chi connectivity index (χ1n) is 6.34. The zero-order valence-electron chi connectivity index (χ0n) is 10.6. The number of hydrogen-bond acceptors (Lipinski definition) is 5. The van der Waals surface area contributed by atoms with E-state index in [1.165, 1.54) is 0 Å². The molecular formula is C12H19N5O. The predicted octanol–water partition coefficient (Wildman–Crippen LogP) is 0.702. The van der Waals surface area contributed by atoms with Gasteiger partial charge in [0.1, 0.15) is 17.5 Å². The van der Waals surface area contributed by atoms with Gasteiger partial charge in [-0.05, 0) is 12.8 Å². The SMILES string of the molecule is CCCc1nc(N)cc(NCC2CCC(=O)N2)n1. The lowest BCUT2D eigenvalue weighted by atomic mass is 10.2. The monoisotopic (exact) mass is 249 g/mol. The molecule has 18 heavy (non-hydrogen) atoms. The Bertz CT molecular complexity index is 434. The van der Waals surface area contributed by atoms with Crippen molar-refractivity contribution in [3.63, 3.8) is 0 Å². The van der Waals surface area contributed by atoms with Crippen LogP contribution in [0.25, 0.3) is 0 Å². The van der Waals surface area contributed by atoms with Crippen molar-refractivity contribution in [3.05, 3.63) is 11.9 Å². The van der Waals surface area contributed by atoms with E-state index in [0.717, 1.165) is 30.9 Å². The van der Waals surface area contributed by atoms with Crippen LogP contribution in [0.1, 0.15) is 32.0 Å². The standard InChI is InChI=1S/C12H19N5O/c1-2-3-10-16-9(13)6-11(17-10)14-7-8-4-5-12(18)15-8/h6,8H,2-5,7H2,1H3,(H,15,18)(H3,13,14,16,17). The van der Waals surface area contributed by atoms with Gasteiger partial charge in [-0.25, -0.2) is 9.97 Å². The molecule has 4 N–H and O–H groups in total. The number of nitrogens with two attached hydrogens (primary N) is 1. The van der Waals surface area contributed by atoms with Gasteiger partial charge in [0.05, 0.1) is 0 Å². The van der Waals surface area contributed by atoms with Gasteiger partial charge in [0, 0.05) is 31.5 Å². The van der Waals surface area contributed by atoms with Crippen molar-refractivity contribution in [3.8, 4) is 0 Å². The molecule has 0 aliphatic carbocycles. The Hall–Kier alpha value is -1.85. The van der Waals surface area contributed by atoms with Gasteiger partial charge in [-0.3, -0.25) is 4.79 Å². The summed E-state index contributed by atoms with van der Waals surface area (Å²) in [5.41, 5.74) is 5.73. The van der Waals surface area contributed by atoms with Crippen molar-refractivity contribution in [1.29, 1.82) is 0 Å². The molecule has 1 unspecified atom stereocenters. The molecule has 1 amide bonds. The maximum absolute atomic E-state index is 11.1. The molecule has 6 nitrogen and oxygen atoms in total. The Kier molecular flexibility index (Phi) is 3.96. The first-order chi connectivity index (χ1) is 8.67. The van der Waals surface area contributed by atoms with E-state index in [0.29, 0.717) is 18.8 Å². The number of hydrogen-bond donors (Lipinski definition) is 3. The minimum absolute atomic E-state index is 0.121. The summed E-state index contributed by atoms with van der Waals surface area (Å²) in [7, 11) is 0. The van der Waals surface area contributed by atoms with Crippen LogP contribution in [0, 0.1) is 0 Å². The van der Waals surface area contributed by atoms with Crippen molar-refractivity contribution in [2.24, 2.45) is 0 Å². The Labute approximate surface area is 106 Å². The molecule has 2 rings (SSSR count). The highest BCUT2D eigenvalue weighted by atomic mass is 16.1. The van der Waals surface area contributed by atoms with Gasteiger partial charge in [0.15, 0.2) is 0 Å². The maximum atomic E-state index is 11.1. The number of rotatable bonds is 5. The smallest absolute Gasteiger partial charge is 0.220 e. The molecule has 1 saturated heterocycles. The third kappa shape index (κ3) is 3.32. The molecule has 6 heteroatoms. The van der Waals surface area contributed by atoms with E-state index in [1.807, 2.05) is 0 Å². The lowest BCUT2D eigenvalue weighted by Gasteiger charge is -2.12. The van der Waals surface area contributed by atoms with Crippen LogP contribution in [0.3, 0.4) is 0 Å². The Morgan fingerprint density at radius 2 is 2.39 bits per heavy atom. The second kappa shape index (κ2) is 5.66. The number of carbonyl (C=O) groups excluding carboxylic acids is 1. The minimum Gasteiger partial charge on any atom is -0.384 e. The Morgan fingerprint density at radius 1 is 1.56 bits per heavy atom. The highest BCUT2D eigenvalue weighted by Gasteiger charge is 2.20. The van der Waals surface area contributed by atoms with E-state index in [1.54, 1.807) is 6.07 Å². The summed E-state index contributed by atoms with van der Waals surface area (Å²) in [4.78, 5) is 19.6. The van der Waals surface area contributed by atoms with Gasteiger partial charge >= 0.3 is 0 Å². The quantitative estimate of drug-likeness (QED) is 0.714. The fraction of sp³-hybridized carbons (Fsp3) is 0.583. The zero-order chi connectivity index (χ0) is 13.0. The number of nitrogen functional groups attached to an aromatic ring is 1. The zero-order valence-corrected chi connectivity index (χ0v) is 10.6. The van der Waals surface area contributed by atoms with Gasteiger partial charge in [-0.1, -0.05) is 6.92 Å². The van der Waals surface area contributed by atoms with Crippen LogP contribution < -0.4 is 16.4 Å². The maximum Gasteiger partial charge on any atom is 0.220 e. The average Bonchev–Trinajstić information content (AvgIpc) is 2.72. The van der Waals surface area contributed by atoms with Crippen LogP contribution in [0.15, 0.2) is 6.07 Å². The first-order valence-corrected chi connectivity index (χ1v) is 6.34. The molecule has 1 aromatic heterocycles. The van der Waals surface area contributed by atoms with Crippen molar-refractivity contribution in [2.45, 2.75) is 38.6 Å². The molecule has 0 aromatic carbocycles. The molecule has 1 aliphatic rings. The topological polar surface area (TPSA) is 92.9 Å². The Morgan fingerprint density at radius 3 is 3.06 bits per heavy atom.